The molecule has 1 aliphatic rings. The van der Waals surface area contributed by atoms with Gasteiger partial charge in [0.1, 0.15) is 24.1 Å². The number of methoxy groups -OCH3 is 1. The molecule has 3 heterocycles. The standard InChI is InChI=1S/C24H33N6O8P/c1-13(2)36-23(32)15(4)29-39(33,38-16-9-7-6-8-10-16)35-11-17-19(31)14(3)22(37-17)30-12-26-18-20(30)27-24(25)28-21(18)34-5/h6-10,12-15,17,19,22,31H,11H2,1-5H3,(H,29,33)(H2,25,27,28). The van der Waals surface area contributed by atoms with Crippen molar-refractivity contribution in [3.05, 3.63) is 36.7 Å². The van der Waals surface area contributed by atoms with Gasteiger partial charge in [-0.3, -0.25) is 13.9 Å². The van der Waals surface area contributed by atoms with Crippen molar-refractivity contribution in [3.8, 4) is 11.6 Å². The Kier molecular flexibility index (Phi) is 8.72. The summed E-state index contributed by atoms with van der Waals surface area (Å²) in [5.41, 5.74) is 6.57. The summed E-state index contributed by atoms with van der Waals surface area (Å²) in [5.74, 6) is -0.617. The number of hydrogen-bond acceptors (Lipinski definition) is 12. The zero-order valence-corrected chi connectivity index (χ0v) is 23.1. The Morgan fingerprint density at radius 2 is 1.97 bits per heavy atom. The van der Waals surface area contributed by atoms with Gasteiger partial charge in [-0.15, -0.1) is 0 Å². The molecule has 14 nitrogen and oxygen atoms in total. The predicted octanol–water partition coefficient (Wildman–Crippen LogP) is 2.44. The van der Waals surface area contributed by atoms with E-state index in [2.05, 4.69) is 20.0 Å². The average molecular weight is 565 g/mol. The number of benzene rings is 1. The summed E-state index contributed by atoms with van der Waals surface area (Å²) in [6.45, 7) is 6.36. The van der Waals surface area contributed by atoms with Crippen LogP contribution in [0.25, 0.3) is 11.2 Å². The average Bonchev–Trinajstić information content (AvgIpc) is 3.42. The van der Waals surface area contributed by atoms with Crippen molar-refractivity contribution in [2.24, 2.45) is 5.92 Å². The fourth-order valence-electron chi connectivity index (χ4n) is 4.09. The second kappa shape index (κ2) is 11.8. The van der Waals surface area contributed by atoms with E-state index in [1.165, 1.54) is 20.4 Å². The third-order valence-electron chi connectivity index (χ3n) is 5.99. The summed E-state index contributed by atoms with van der Waals surface area (Å²) >= 11 is 0. The summed E-state index contributed by atoms with van der Waals surface area (Å²) in [6.07, 6.45) is -1.50. The van der Waals surface area contributed by atoms with E-state index in [0.717, 1.165) is 0 Å². The molecule has 0 amide bonds. The van der Waals surface area contributed by atoms with Gasteiger partial charge >= 0.3 is 13.7 Å². The number of hydrogen-bond donors (Lipinski definition) is 3. The van der Waals surface area contributed by atoms with Crippen molar-refractivity contribution in [2.45, 2.75) is 58.3 Å². The fraction of sp³-hybridized carbons (Fsp3) is 0.500. The van der Waals surface area contributed by atoms with Gasteiger partial charge in [0.2, 0.25) is 11.8 Å². The molecular weight excluding hydrogens is 531 g/mol. The second-order valence-electron chi connectivity index (χ2n) is 9.36. The van der Waals surface area contributed by atoms with E-state index >= 15 is 0 Å². The Bertz CT molecular complexity index is 1340. The van der Waals surface area contributed by atoms with Crippen LogP contribution in [0.3, 0.4) is 0 Å². The fourth-order valence-corrected chi connectivity index (χ4v) is 5.59. The number of nitrogens with zero attached hydrogens (tertiary/aromatic N) is 4. The van der Waals surface area contributed by atoms with Crippen molar-refractivity contribution in [1.29, 1.82) is 0 Å². The van der Waals surface area contributed by atoms with Crippen molar-refractivity contribution >= 4 is 30.8 Å². The van der Waals surface area contributed by atoms with E-state index in [-0.39, 0.29) is 30.3 Å². The number of anilines is 1. The number of fused-ring (bicyclic) bond motifs is 1. The summed E-state index contributed by atoms with van der Waals surface area (Å²) in [7, 11) is -2.70. The minimum atomic E-state index is -4.14. The normalized spacial score (nSPS) is 23.5. The number of aliphatic hydroxyl groups is 1. The highest BCUT2D eigenvalue weighted by Crippen LogP contribution is 2.46. The summed E-state index contributed by atoms with van der Waals surface area (Å²) in [6, 6.07) is 7.35. The molecular formula is C24H33N6O8P. The van der Waals surface area contributed by atoms with Crippen molar-refractivity contribution < 1.29 is 37.7 Å². The molecule has 1 aliphatic heterocycles. The lowest BCUT2D eigenvalue weighted by atomic mass is 10.0. The first-order valence-corrected chi connectivity index (χ1v) is 13.9. The Morgan fingerprint density at radius 1 is 1.26 bits per heavy atom. The van der Waals surface area contributed by atoms with Crippen LogP contribution in [-0.2, 0) is 23.4 Å². The van der Waals surface area contributed by atoms with Crippen LogP contribution in [0.5, 0.6) is 11.6 Å². The number of ether oxygens (including phenoxy) is 3. The quantitative estimate of drug-likeness (QED) is 0.228. The molecule has 1 saturated heterocycles. The lowest BCUT2D eigenvalue weighted by molar-refractivity contribution is -0.149. The van der Waals surface area contributed by atoms with E-state index in [1.54, 1.807) is 55.7 Å². The number of aromatic nitrogens is 4. The van der Waals surface area contributed by atoms with Crippen LogP contribution in [0.2, 0.25) is 0 Å². The molecule has 0 bridgehead atoms. The molecule has 0 radical (unpaired) electrons. The van der Waals surface area contributed by atoms with Gasteiger partial charge < -0.3 is 29.6 Å². The minimum Gasteiger partial charge on any atom is -0.479 e. The van der Waals surface area contributed by atoms with Crippen LogP contribution in [0.4, 0.5) is 5.95 Å². The highest BCUT2D eigenvalue weighted by Gasteiger charge is 2.44. The lowest BCUT2D eigenvalue weighted by Crippen LogP contribution is -2.37. The molecule has 0 aliphatic carbocycles. The first-order chi connectivity index (χ1) is 18.5. The number of nitrogens with one attached hydrogen (secondary N) is 1. The summed E-state index contributed by atoms with van der Waals surface area (Å²) in [5, 5.41) is 13.6. The van der Waals surface area contributed by atoms with E-state index in [0.29, 0.717) is 11.2 Å². The number of aliphatic hydroxyl groups excluding tert-OH is 1. The Balaban J connectivity index is 1.52. The molecule has 212 valence electrons. The Labute approximate surface area is 225 Å². The first-order valence-electron chi connectivity index (χ1n) is 12.4. The van der Waals surface area contributed by atoms with E-state index in [4.69, 9.17) is 29.0 Å². The lowest BCUT2D eigenvalue weighted by Gasteiger charge is -2.25. The molecule has 4 N–H and O–H groups in total. The molecule has 15 heteroatoms. The Morgan fingerprint density at radius 3 is 2.64 bits per heavy atom. The SMILES string of the molecule is COc1nc(N)nc2c1ncn2C1OC(COP(=O)(NC(C)C(=O)OC(C)C)Oc2ccccc2)C(O)C1C. The monoisotopic (exact) mass is 564 g/mol. The van der Waals surface area contributed by atoms with Gasteiger partial charge in [-0.05, 0) is 32.9 Å². The van der Waals surface area contributed by atoms with Gasteiger partial charge in [-0.1, -0.05) is 25.1 Å². The Hall–Kier alpha value is -3.29. The van der Waals surface area contributed by atoms with Gasteiger partial charge in [0.25, 0.3) is 0 Å². The predicted molar refractivity (Wildman–Crippen MR) is 140 cm³/mol. The molecule has 1 aromatic carbocycles. The van der Waals surface area contributed by atoms with Crippen LogP contribution in [-0.4, -0.2) is 68.7 Å². The van der Waals surface area contributed by atoms with Crippen LogP contribution in [0, 0.1) is 5.92 Å². The van der Waals surface area contributed by atoms with Crippen molar-refractivity contribution in [2.75, 3.05) is 19.5 Å². The minimum absolute atomic E-state index is 0.0117. The maximum atomic E-state index is 13.8. The molecule has 6 atom stereocenters. The van der Waals surface area contributed by atoms with Gasteiger partial charge in [0, 0.05) is 5.92 Å². The van der Waals surface area contributed by atoms with Crippen LogP contribution in [0.1, 0.15) is 33.9 Å². The zero-order valence-electron chi connectivity index (χ0n) is 22.3. The number of para-hydroxylation sites is 1. The molecule has 1 fully saturated rings. The van der Waals surface area contributed by atoms with Gasteiger partial charge in [-0.2, -0.15) is 15.1 Å². The van der Waals surface area contributed by atoms with E-state index in [1.807, 2.05) is 0 Å². The molecule has 0 spiro atoms. The highest BCUT2D eigenvalue weighted by atomic mass is 31.2. The number of nitrogen functional groups attached to an aromatic ring is 1. The van der Waals surface area contributed by atoms with Crippen LogP contribution >= 0.6 is 7.75 Å². The number of carbonyl (C=O) groups excluding carboxylic acids is 1. The number of carbonyl (C=O) groups is 1. The molecule has 4 rings (SSSR count). The maximum Gasteiger partial charge on any atom is 0.459 e. The molecule has 3 aromatic rings. The number of esters is 1. The van der Waals surface area contributed by atoms with Crippen LogP contribution in [0.15, 0.2) is 36.7 Å². The van der Waals surface area contributed by atoms with Gasteiger partial charge in [-0.25, -0.2) is 9.55 Å². The van der Waals surface area contributed by atoms with Gasteiger partial charge in [0.15, 0.2) is 11.2 Å². The smallest absolute Gasteiger partial charge is 0.459 e. The molecule has 0 saturated carbocycles. The topological polar surface area (TPSA) is 182 Å². The largest absolute Gasteiger partial charge is 0.479 e. The van der Waals surface area contributed by atoms with Crippen molar-refractivity contribution in [3.63, 3.8) is 0 Å². The number of rotatable bonds is 11. The third-order valence-corrected chi connectivity index (χ3v) is 7.64. The second-order valence-corrected chi connectivity index (χ2v) is 11.1. The molecule has 39 heavy (non-hydrogen) atoms. The number of imidazole rings is 1. The maximum absolute atomic E-state index is 13.8. The highest BCUT2D eigenvalue weighted by molar-refractivity contribution is 7.52. The molecule has 6 unspecified atom stereocenters. The van der Waals surface area contributed by atoms with Crippen molar-refractivity contribution in [1.82, 2.24) is 24.6 Å². The first kappa shape index (κ1) is 28.7. The van der Waals surface area contributed by atoms with Gasteiger partial charge in [0.05, 0.1) is 32.3 Å². The van der Waals surface area contributed by atoms with E-state index in [9.17, 15) is 14.5 Å². The molecule has 2 aromatic heterocycles. The van der Waals surface area contributed by atoms with E-state index < -0.39 is 44.1 Å². The third kappa shape index (κ3) is 6.48. The summed E-state index contributed by atoms with van der Waals surface area (Å²) in [4.78, 5) is 25.0. The zero-order chi connectivity index (χ0) is 28.3. The summed E-state index contributed by atoms with van der Waals surface area (Å²) < 4.78 is 43.3. The number of nitrogens with two attached hydrogens (primary N) is 1. The van der Waals surface area contributed by atoms with Crippen LogP contribution < -0.4 is 20.1 Å².